The molecule has 0 aromatic heterocycles. The second-order valence-electron chi connectivity index (χ2n) is 5.03. The molecule has 2 aromatic carbocycles. The van der Waals surface area contributed by atoms with Crippen molar-refractivity contribution in [3.8, 4) is 6.07 Å². The Morgan fingerprint density at radius 2 is 1.88 bits per heavy atom. The lowest BCUT2D eigenvalue weighted by Crippen LogP contribution is -2.26. The fourth-order valence-electron chi connectivity index (χ4n) is 1.98. The van der Waals surface area contributed by atoms with Gasteiger partial charge < -0.3 is 10.6 Å². The monoisotopic (exact) mass is 319 g/mol. The number of carbonyl (C=O) groups is 2. The molecule has 0 bridgehead atoms. The lowest BCUT2D eigenvalue weighted by Gasteiger charge is -2.06. The summed E-state index contributed by atoms with van der Waals surface area (Å²) >= 11 is 0. The van der Waals surface area contributed by atoms with Crippen LogP contribution in [0.1, 0.15) is 17.5 Å². The zero-order valence-corrected chi connectivity index (χ0v) is 13.0. The summed E-state index contributed by atoms with van der Waals surface area (Å²) in [6.07, 6.45) is 3.30. The average Bonchev–Trinajstić information content (AvgIpc) is 2.61. The van der Waals surface area contributed by atoms with Gasteiger partial charge in [0.1, 0.15) is 0 Å². The lowest BCUT2D eigenvalue weighted by atomic mass is 10.2. The van der Waals surface area contributed by atoms with E-state index in [9.17, 15) is 9.59 Å². The van der Waals surface area contributed by atoms with E-state index < -0.39 is 0 Å². The minimum Gasteiger partial charge on any atom is -0.352 e. The first kappa shape index (κ1) is 17.0. The van der Waals surface area contributed by atoms with Gasteiger partial charge in [-0.05, 0) is 29.8 Å². The van der Waals surface area contributed by atoms with Crippen LogP contribution in [0.25, 0.3) is 6.08 Å². The predicted octanol–water partition coefficient (Wildman–Crippen LogP) is 2.72. The molecule has 2 rings (SSSR count). The Balaban J connectivity index is 1.73. The number of carbonyl (C=O) groups excluding carboxylic acids is 2. The van der Waals surface area contributed by atoms with E-state index in [0.717, 1.165) is 5.56 Å². The van der Waals surface area contributed by atoms with Gasteiger partial charge in [-0.3, -0.25) is 9.59 Å². The molecule has 5 heteroatoms. The minimum absolute atomic E-state index is 0.154. The summed E-state index contributed by atoms with van der Waals surface area (Å²) in [5, 5.41) is 14.2. The molecule has 0 saturated heterocycles. The molecule has 0 radical (unpaired) electrons. The Labute approximate surface area is 140 Å². The first-order chi connectivity index (χ1) is 11.7. The van der Waals surface area contributed by atoms with Crippen molar-refractivity contribution in [3.05, 3.63) is 71.8 Å². The number of anilines is 1. The molecule has 5 nitrogen and oxygen atoms in total. The fourth-order valence-corrected chi connectivity index (χ4v) is 1.98. The van der Waals surface area contributed by atoms with Gasteiger partial charge in [0.15, 0.2) is 0 Å². The highest BCUT2D eigenvalue weighted by Crippen LogP contribution is 2.09. The summed E-state index contributed by atoms with van der Waals surface area (Å²) in [5.74, 6) is -0.476. The summed E-state index contributed by atoms with van der Waals surface area (Å²) in [6.45, 7) is 0.238. The van der Waals surface area contributed by atoms with E-state index >= 15 is 0 Å². The van der Waals surface area contributed by atoms with Crippen LogP contribution in [0.4, 0.5) is 5.69 Å². The number of rotatable bonds is 6. The molecule has 0 aliphatic heterocycles. The highest BCUT2D eigenvalue weighted by atomic mass is 16.2. The SMILES string of the molecule is N#Cc1cccc(NC(=O)CCNC(=O)C=Cc2ccccc2)c1. The molecule has 0 aliphatic carbocycles. The van der Waals surface area contributed by atoms with Gasteiger partial charge in [0.25, 0.3) is 0 Å². The van der Waals surface area contributed by atoms with Gasteiger partial charge in [0, 0.05) is 24.7 Å². The zero-order chi connectivity index (χ0) is 17.2. The van der Waals surface area contributed by atoms with Crippen LogP contribution in [-0.2, 0) is 9.59 Å². The van der Waals surface area contributed by atoms with Crippen LogP contribution >= 0.6 is 0 Å². The molecule has 0 fully saturated rings. The van der Waals surface area contributed by atoms with Crippen LogP contribution in [0.3, 0.4) is 0 Å². The molecule has 0 atom stereocenters. The van der Waals surface area contributed by atoms with E-state index in [1.165, 1.54) is 6.08 Å². The maximum absolute atomic E-state index is 11.8. The van der Waals surface area contributed by atoms with Gasteiger partial charge in [0.05, 0.1) is 11.6 Å². The number of nitrogens with one attached hydrogen (secondary N) is 2. The number of benzene rings is 2. The zero-order valence-electron chi connectivity index (χ0n) is 13.0. The Bertz CT molecular complexity index is 777. The van der Waals surface area contributed by atoms with Crippen molar-refractivity contribution in [2.24, 2.45) is 0 Å². The van der Waals surface area contributed by atoms with Gasteiger partial charge in [0.2, 0.25) is 11.8 Å². The molecule has 24 heavy (non-hydrogen) atoms. The third-order valence-electron chi connectivity index (χ3n) is 3.15. The molecular formula is C19H17N3O2. The van der Waals surface area contributed by atoms with Crippen LogP contribution in [0.15, 0.2) is 60.7 Å². The Kier molecular flexibility index (Phi) is 6.30. The molecule has 2 aromatic rings. The van der Waals surface area contributed by atoms with Crippen molar-refractivity contribution in [3.63, 3.8) is 0 Å². The van der Waals surface area contributed by atoms with Gasteiger partial charge >= 0.3 is 0 Å². The van der Waals surface area contributed by atoms with E-state index in [-0.39, 0.29) is 24.8 Å². The first-order valence-corrected chi connectivity index (χ1v) is 7.48. The van der Waals surface area contributed by atoms with Crippen LogP contribution in [0, 0.1) is 11.3 Å². The Hall–Kier alpha value is -3.39. The first-order valence-electron chi connectivity index (χ1n) is 7.48. The maximum atomic E-state index is 11.8. The molecule has 0 spiro atoms. The highest BCUT2D eigenvalue weighted by molar-refractivity contribution is 5.93. The van der Waals surface area contributed by atoms with Gasteiger partial charge in [-0.15, -0.1) is 0 Å². The molecule has 2 amide bonds. The van der Waals surface area contributed by atoms with Gasteiger partial charge in [-0.25, -0.2) is 0 Å². The van der Waals surface area contributed by atoms with Crippen LogP contribution in [0.2, 0.25) is 0 Å². The van der Waals surface area contributed by atoms with E-state index in [4.69, 9.17) is 5.26 Å². The van der Waals surface area contributed by atoms with Crippen molar-refractivity contribution >= 4 is 23.6 Å². The second kappa shape index (κ2) is 8.91. The smallest absolute Gasteiger partial charge is 0.244 e. The summed E-state index contributed by atoms with van der Waals surface area (Å²) in [5.41, 5.74) is 1.98. The predicted molar refractivity (Wildman–Crippen MR) is 92.9 cm³/mol. The third kappa shape index (κ3) is 5.78. The number of hydrogen-bond donors (Lipinski definition) is 2. The number of hydrogen-bond acceptors (Lipinski definition) is 3. The summed E-state index contributed by atoms with van der Waals surface area (Å²) in [7, 11) is 0. The van der Waals surface area contributed by atoms with E-state index in [2.05, 4.69) is 10.6 Å². The second-order valence-corrected chi connectivity index (χ2v) is 5.03. The molecular weight excluding hydrogens is 302 g/mol. The average molecular weight is 319 g/mol. The molecule has 120 valence electrons. The van der Waals surface area contributed by atoms with E-state index in [1.54, 1.807) is 30.3 Å². The van der Waals surface area contributed by atoms with Crippen molar-refractivity contribution in [2.45, 2.75) is 6.42 Å². The molecule has 0 heterocycles. The summed E-state index contributed by atoms with van der Waals surface area (Å²) < 4.78 is 0. The van der Waals surface area contributed by atoms with E-state index in [0.29, 0.717) is 11.3 Å². The van der Waals surface area contributed by atoms with Gasteiger partial charge in [-0.2, -0.15) is 5.26 Å². The minimum atomic E-state index is -0.252. The molecule has 0 saturated carbocycles. The van der Waals surface area contributed by atoms with Crippen molar-refractivity contribution in [1.29, 1.82) is 5.26 Å². The third-order valence-corrected chi connectivity index (χ3v) is 3.15. The van der Waals surface area contributed by atoms with E-state index in [1.807, 2.05) is 36.4 Å². The quantitative estimate of drug-likeness (QED) is 0.803. The Morgan fingerprint density at radius 3 is 2.62 bits per heavy atom. The summed E-state index contributed by atoms with van der Waals surface area (Å²) in [4.78, 5) is 23.5. The molecule has 0 unspecified atom stereocenters. The van der Waals surface area contributed by atoms with Crippen LogP contribution in [-0.4, -0.2) is 18.4 Å². The fraction of sp³-hybridized carbons (Fsp3) is 0.105. The Morgan fingerprint density at radius 1 is 1.08 bits per heavy atom. The van der Waals surface area contributed by atoms with Gasteiger partial charge in [-0.1, -0.05) is 36.4 Å². The summed E-state index contributed by atoms with van der Waals surface area (Å²) in [6, 6.07) is 18.2. The van der Waals surface area contributed by atoms with Crippen molar-refractivity contribution < 1.29 is 9.59 Å². The highest BCUT2D eigenvalue weighted by Gasteiger charge is 2.04. The normalized spacial score (nSPS) is 10.1. The number of nitrogens with zero attached hydrogens (tertiary/aromatic N) is 1. The molecule has 2 N–H and O–H groups in total. The lowest BCUT2D eigenvalue weighted by molar-refractivity contribution is -0.117. The standard InChI is InChI=1S/C19H17N3O2/c20-14-16-7-4-8-17(13-16)22-19(24)11-12-21-18(23)10-9-15-5-2-1-3-6-15/h1-10,13H,11-12H2,(H,21,23)(H,22,24). The largest absolute Gasteiger partial charge is 0.352 e. The van der Waals surface area contributed by atoms with Crippen LogP contribution in [0.5, 0.6) is 0 Å². The number of nitriles is 1. The topological polar surface area (TPSA) is 82.0 Å². The number of amides is 2. The van der Waals surface area contributed by atoms with Crippen LogP contribution < -0.4 is 10.6 Å². The molecule has 0 aliphatic rings. The maximum Gasteiger partial charge on any atom is 0.244 e. The van der Waals surface area contributed by atoms with Crippen molar-refractivity contribution in [2.75, 3.05) is 11.9 Å². The van der Waals surface area contributed by atoms with Crippen molar-refractivity contribution in [1.82, 2.24) is 5.32 Å².